The molecule has 0 radical (unpaired) electrons. The summed E-state index contributed by atoms with van der Waals surface area (Å²) in [6.07, 6.45) is 0. The third-order valence-electron chi connectivity index (χ3n) is 3.83. The number of halogens is 3. The summed E-state index contributed by atoms with van der Waals surface area (Å²) in [7, 11) is -3.66. The minimum Gasteiger partial charge on any atom is -0.336 e. The zero-order chi connectivity index (χ0) is 18.2. The van der Waals surface area contributed by atoms with E-state index in [9.17, 15) is 22.0 Å². The zero-order valence-electron chi connectivity index (χ0n) is 12.8. The van der Waals surface area contributed by atoms with E-state index in [0.717, 1.165) is 23.5 Å². The van der Waals surface area contributed by atoms with Crippen LogP contribution in [-0.4, -0.2) is 49.7 Å². The third-order valence-corrected chi connectivity index (χ3v) is 7.43. The minimum absolute atomic E-state index is 0.0897. The molecule has 1 aromatic heterocycles. The van der Waals surface area contributed by atoms with Gasteiger partial charge in [-0.25, -0.2) is 17.2 Å². The fourth-order valence-electron chi connectivity index (χ4n) is 2.53. The van der Waals surface area contributed by atoms with Gasteiger partial charge in [0.15, 0.2) is 0 Å². The van der Waals surface area contributed by atoms with E-state index in [1.165, 1.54) is 21.3 Å². The van der Waals surface area contributed by atoms with E-state index in [1.807, 2.05) is 0 Å². The molecule has 1 saturated heterocycles. The van der Waals surface area contributed by atoms with E-state index in [-0.39, 0.29) is 36.0 Å². The Morgan fingerprint density at radius 3 is 2.32 bits per heavy atom. The van der Waals surface area contributed by atoms with Gasteiger partial charge in [-0.2, -0.15) is 4.31 Å². The molecule has 1 aromatic carbocycles. The van der Waals surface area contributed by atoms with Crippen molar-refractivity contribution < 1.29 is 22.0 Å². The summed E-state index contributed by atoms with van der Waals surface area (Å²) in [5.74, 6) is -2.29. The third kappa shape index (κ3) is 3.69. The molecule has 5 nitrogen and oxygen atoms in total. The maximum Gasteiger partial charge on any atom is 0.256 e. The van der Waals surface area contributed by atoms with Crippen molar-refractivity contribution in [3.8, 4) is 0 Å². The van der Waals surface area contributed by atoms with Crippen LogP contribution in [-0.2, 0) is 10.0 Å². The van der Waals surface area contributed by atoms with Crippen LogP contribution in [0.4, 0.5) is 8.78 Å². The number of amides is 1. The van der Waals surface area contributed by atoms with Crippen LogP contribution < -0.4 is 0 Å². The van der Waals surface area contributed by atoms with Crippen molar-refractivity contribution in [1.82, 2.24) is 9.21 Å². The summed E-state index contributed by atoms with van der Waals surface area (Å²) >= 11 is 6.75. The van der Waals surface area contributed by atoms with E-state index < -0.39 is 27.6 Å². The second-order valence-electron chi connectivity index (χ2n) is 5.38. The molecule has 0 aliphatic carbocycles. The number of carbonyl (C=O) groups excluding carboxylic acids is 1. The monoisotopic (exact) mass is 406 g/mol. The number of benzene rings is 1. The summed E-state index contributed by atoms with van der Waals surface area (Å²) in [6, 6.07) is 5.69. The van der Waals surface area contributed by atoms with Crippen LogP contribution in [0.1, 0.15) is 10.4 Å². The van der Waals surface area contributed by atoms with Crippen molar-refractivity contribution in [3.05, 3.63) is 51.9 Å². The molecule has 0 bridgehead atoms. The number of thiophene rings is 1. The first-order valence-electron chi connectivity index (χ1n) is 7.29. The number of hydrogen-bond donors (Lipinski definition) is 0. The Balaban J connectivity index is 1.70. The number of carbonyl (C=O) groups is 1. The molecule has 0 spiro atoms. The Labute approximate surface area is 152 Å². The zero-order valence-corrected chi connectivity index (χ0v) is 15.2. The standard InChI is InChI=1S/C15H13ClF2N2O3S2/c16-13-3-4-14(24-13)25(22,23)20-7-5-19(6-8-20)15(21)11-2-1-10(17)9-12(11)18/h1-4,9H,5-8H2. The number of nitrogens with zero attached hydrogens (tertiary/aromatic N) is 2. The smallest absolute Gasteiger partial charge is 0.256 e. The molecule has 0 atom stereocenters. The Hall–Kier alpha value is -1.55. The molecule has 25 heavy (non-hydrogen) atoms. The lowest BCUT2D eigenvalue weighted by Gasteiger charge is -2.33. The predicted octanol–water partition coefficient (Wildman–Crippen LogP) is 2.83. The molecule has 1 fully saturated rings. The molecule has 2 aromatic rings. The molecule has 10 heteroatoms. The topological polar surface area (TPSA) is 57.7 Å². The molecule has 0 unspecified atom stereocenters. The highest BCUT2D eigenvalue weighted by Crippen LogP contribution is 2.28. The van der Waals surface area contributed by atoms with E-state index in [4.69, 9.17) is 11.6 Å². The van der Waals surface area contributed by atoms with Crippen molar-refractivity contribution >= 4 is 38.9 Å². The fraction of sp³-hybridized carbons (Fsp3) is 0.267. The van der Waals surface area contributed by atoms with Crippen LogP contribution in [0, 0.1) is 11.6 Å². The van der Waals surface area contributed by atoms with E-state index in [2.05, 4.69) is 0 Å². The summed E-state index contributed by atoms with van der Waals surface area (Å²) in [5, 5.41) is 0. The van der Waals surface area contributed by atoms with Gasteiger partial charge in [0.05, 0.1) is 9.90 Å². The summed E-state index contributed by atoms with van der Waals surface area (Å²) < 4.78 is 53.5. The maximum atomic E-state index is 13.7. The van der Waals surface area contributed by atoms with Gasteiger partial charge in [0, 0.05) is 32.2 Å². The van der Waals surface area contributed by atoms with Crippen molar-refractivity contribution in [2.45, 2.75) is 4.21 Å². The van der Waals surface area contributed by atoms with Crippen LogP contribution in [0.25, 0.3) is 0 Å². The summed E-state index contributed by atoms with van der Waals surface area (Å²) in [4.78, 5) is 13.7. The lowest BCUT2D eigenvalue weighted by molar-refractivity contribution is 0.0693. The van der Waals surface area contributed by atoms with Crippen LogP contribution in [0.5, 0.6) is 0 Å². The SMILES string of the molecule is O=C(c1ccc(F)cc1F)N1CCN(S(=O)(=O)c2ccc(Cl)s2)CC1. The normalized spacial score (nSPS) is 16.2. The van der Waals surface area contributed by atoms with E-state index in [0.29, 0.717) is 10.4 Å². The number of sulfonamides is 1. The average Bonchev–Trinajstić information content (AvgIpc) is 3.02. The highest BCUT2D eigenvalue weighted by atomic mass is 35.5. The molecule has 2 heterocycles. The van der Waals surface area contributed by atoms with Crippen LogP contribution in [0.2, 0.25) is 4.34 Å². The first-order valence-corrected chi connectivity index (χ1v) is 9.92. The second-order valence-corrected chi connectivity index (χ2v) is 9.26. The lowest BCUT2D eigenvalue weighted by Crippen LogP contribution is -2.50. The van der Waals surface area contributed by atoms with Gasteiger partial charge in [-0.3, -0.25) is 4.79 Å². The summed E-state index contributed by atoms with van der Waals surface area (Å²) in [5.41, 5.74) is -0.234. The first-order chi connectivity index (χ1) is 11.8. The van der Waals surface area contributed by atoms with Gasteiger partial charge in [-0.1, -0.05) is 11.6 Å². The Morgan fingerprint density at radius 1 is 1.08 bits per heavy atom. The van der Waals surface area contributed by atoms with Crippen molar-refractivity contribution in [1.29, 1.82) is 0 Å². The van der Waals surface area contributed by atoms with E-state index >= 15 is 0 Å². The molecule has 1 amide bonds. The minimum atomic E-state index is -3.66. The Kier molecular flexibility index (Phi) is 5.10. The second kappa shape index (κ2) is 6.99. The van der Waals surface area contributed by atoms with Gasteiger partial charge in [0.1, 0.15) is 15.8 Å². The van der Waals surface area contributed by atoms with Gasteiger partial charge in [0.2, 0.25) is 0 Å². The molecule has 1 aliphatic heterocycles. The molecule has 134 valence electrons. The fourth-order valence-corrected chi connectivity index (χ4v) is 5.59. The molecular weight excluding hydrogens is 394 g/mol. The van der Waals surface area contributed by atoms with Crippen molar-refractivity contribution in [3.63, 3.8) is 0 Å². The van der Waals surface area contributed by atoms with Gasteiger partial charge < -0.3 is 4.90 Å². The quantitative estimate of drug-likeness (QED) is 0.787. The Bertz CT molecular complexity index is 909. The Morgan fingerprint density at radius 2 is 1.76 bits per heavy atom. The molecule has 0 saturated carbocycles. The lowest BCUT2D eigenvalue weighted by atomic mass is 10.1. The van der Waals surface area contributed by atoms with Crippen LogP contribution >= 0.6 is 22.9 Å². The van der Waals surface area contributed by atoms with Gasteiger partial charge in [-0.15, -0.1) is 11.3 Å². The van der Waals surface area contributed by atoms with Crippen molar-refractivity contribution in [2.24, 2.45) is 0 Å². The molecule has 0 N–H and O–H groups in total. The van der Waals surface area contributed by atoms with Gasteiger partial charge in [-0.05, 0) is 24.3 Å². The van der Waals surface area contributed by atoms with E-state index in [1.54, 1.807) is 0 Å². The number of hydrogen-bond acceptors (Lipinski definition) is 4. The number of piperazine rings is 1. The van der Waals surface area contributed by atoms with Gasteiger partial charge in [0.25, 0.3) is 15.9 Å². The van der Waals surface area contributed by atoms with Crippen LogP contribution in [0.15, 0.2) is 34.5 Å². The average molecular weight is 407 g/mol. The molecular formula is C15H13ClF2N2O3S2. The highest BCUT2D eigenvalue weighted by molar-refractivity contribution is 7.91. The number of rotatable bonds is 3. The van der Waals surface area contributed by atoms with Gasteiger partial charge >= 0.3 is 0 Å². The maximum absolute atomic E-state index is 13.7. The molecule has 3 rings (SSSR count). The van der Waals surface area contributed by atoms with Crippen LogP contribution in [0.3, 0.4) is 0 Å². The largest absolute Gasteiger partial charge is 0.336 e. The highest BCUT2D eigenvalue weighted by Gasteiger charge is 2.32. The molecule has 1 aliphatic rings. The predicted molar refractivity (Wildman–Crippen MR) is 90.3 cm³/mol. The first kappa shape index (κ1) is 18.2. The van der Waals surface area contributed by atoms with Crippen molar-refractivity contribution in [2.75, 3.05) is 26.2 Å². The summed E-state index contributed by atoms with van der Waals surface area (Å²) in [6.45, 7) is 0.417.